The molecule has 0 unspecified atom stereocenters. The third kappa shape index (κ3) is 4.08. The van der Waals surface area contributed by atoms with E-state index in [1.54, 1.807) is 0 Å². The Morgan fingerprint density at radius 2 is 1.91 bits per heavy atom. The van der Waals surface area contributed by atoms with Gasteiger partial charge in [0.05, 0.1) is 6.54 Å². The van der Waals surface area contributed by atoms with Gasteiger partial charge in [-0.1, -0.05) is 18.5 Å². The highest BCUT2D eigenvalue weighted by Gasteiger charge is 2.22. The molecule has 0 radical (unpaired) electrons. The summed E-state index contributed by atoms with van der Waals surface area (Å²) in [6.45, 7) is 10.4. The summed E-state index contributed by atoms with van der Waals surface area (Å²) in [5.41, 5.74) is 0.927. The Kier molecular flexibility index (Phi) is 5.97. The molecule has 1 aromatic rings. The molecule has 0 aromatic carbocycles. The lowest BCUT2D eigenvalue weighted by atomic mass is 10.2. The summed E-state index contributed by atoms with van der Waals surface area (Å²) < 4.78 is 0. The molecule has 0 spiro atoms. The van der Waals surface area contributed by atoms with Gasteiger partial charge in [-0.15, -0.1) is 0 Å². The zero-order valence-corrected chi connectivity index (χ0v) is 14.3. The SMILES string of the molecule is CCNC(=O)CN1CCN(c2nc(CC)nc(Cl)c2C)CC1. The summed E-state index contributed by atoms with van der Waals surface area (Å²) in [4.78, 5) is 24.9. The molecule has 22 heavy (non-hydrogen) atoms. The minimum Gasteiger partial charge on any atom is -0.355 e. The van der Waals surface area contributed by atoms with E-state index in [-0.39, 0.29) is 5.91 Å². The zero-order valence-electron chi connectivity index (χ0n) is 13.5. The number of anilines is 1. The first-order chi connectivity index (χ1) is 10.5. The number of aryl methyl sites for hydroxylation is 1. The van der Waals surface area contributed by atoms with Gasteiger partial charge in [-0.05, 0) is 13.8 Å². The quantitative estimate of drug-likeness (QED) is 0.826. The number of nitrogens with zero attached hydrogens (tertiary/aromatic N) is 4. The summed E-state index contributed by atoms with van der Waals surface area (Å²) in [6, 6.07) is 0. The zero-order chi connectivity index (χ0) is 16.1. The maximum absolute atomic E-state index is 11.6. The third-order valence-electron chi connectivity index (χ3n) is 3.84. The van der Waals surface area contributed by atoms with Gasteiger partial charge in [0.2, 0.25) is 5.91 Å². The predicted molar refractivity (Wildman–Crippen MR) is 88.5 cm³/mol. The van der Waals surface area contributed by atoms with Crippen molar-refractivity contribution in [2.75, 3.05) is 44.2 Å². The van der Waals surface area contributed by atoms with Gasteiger partial charge in [0.1, 0.15) is 16.8 Å². The van der Waals surface area contributed by atoms with Crippen molar-refractivity contribution in [2.24, 2.45) is 0 Å². The van der Waals surface area contributed by atoms with Gasteiger partial charge >= 0.3 is 0 Å². The van der Waals surface area contributed by atoms with E-state index in [0.29, 0.717) is 18.2 Å². The van der Waals surface area contributed by atoms with Crippen LogP contribution in [-0.4, -0.2) is 60.0 Å². The van der Waals surface area contributed by atoms with E-state index >= 15 is 0 Å². The number of halogens is 1. The molecule has 1 fully saturated rings. The first-order valence-electron chi connectivity index (χ1n) is 7.82. The maximum Gasteiger partial charge on any atom is 0.234 e. The van der Waals surface area contributed by atoms with Gasteiger partial charge in [-0.3, -0.25) is 9.69 Å². The molecule has 1 aromatic heterocycles. The van der Waals surface area contributed by atoms with E-state index in [0.717, 1.165) is 49.8 Å². The summed E-state index contributed by atoms with van der Waals surface area (Å²) in [7, 11) is 0. The van der Waals surface area contributed by atoms with Gasteiger partial charge < -0.3 is 10.2 Å². The van der Waals surface area contributed by atoms with Crippen LogP contribution in [0.25, 0.3) is 0 Å². The second-order valence-electron chi connectivity index (χ2n) is 5.45. The highest BCUT2D eigenvalue weighted by atomic mass is 35.5. The Balaban J connectivity index is 2.00. The number of carbonyl (C=O) groups excluding carboxylic acids is 1. The standard InChI is InChI=1S/C15H24ClN5O/c1-4-12-18-14(16)11(3)15(19-12)21-8-6-20(7-9-21)10-13(22)17-5-2/h4-10H2,1-3H3,(H,17,22). The Morgan fingerprint density at radius 3 is 2.50 bits per heavy atom. The number of rotatable bonds is 5. The van der Waals surface area contributed by atoms with Crippen LogP contribution in [0.3, 0.4) is 0 Å². The van der Waals surface area contributed by atoms with Crippen molar-refractivity contribution in [3.8, 4) is 0 Å². The molecule has 1 aliphatic rings. The molecule has 6 nitrogen and oxygen atoms in total. The molecule has 0 atom stereocenters. The minimum absolute atomic E-state index is 0.0884. The second kappa shape index (κ2) is 7.74. The van der Waals surface area contributed by atoms with E-state index in [2.05, 4.69) is 25.1 Å². The third-order valence-corrected chi connectivity index (χ3v) is 4.20. The van der Waals surface area contributed by atoms with Crippen molar-refractivity contribution >= 4 is 23.3 Å². The smallest absolute Gasteiger partial charge is 0.234 e. The number of nitrogens with one attached hydrogen (secondary N) is 1. The first-order valence-corrected chi connectivity index (χ1v) is 8.20. The van der Waals surface area contributed by atoms with Crippen LogP contribution >= 0.6 is 11.6 Å². The molecule has 7 heteroatoms. The maximum atomic E-state index is 11.6. The number of aromatic nitrogens is 2. The van der Waals surface area contributed by atoms with Crippen molar-refractivity contribution in [2.45, 2.75) is 27.2 Å². The molecule has 0 saturated carbocycles. The summed E-state index contributed by atoms with van der Waals surface area (Å²) in [5, 5.41) is 3.37. The van der Waals surface area contributed by atoms with Crippen LogP contribution in [0.1, 0.15) is 25.2 Å². The van der Waals surface area contributed by atoms with Crippen LogP contribution in [-0.2, 0) is 11.2 Å². The van der Waals surface area contributed by atoms with E-state index in [1.165, 1.54) is 0 Å². The first kappa shape index (κ1) is 17.0. The molecule has 0 aliphatic carbocycles. The number of piperazine rings is 1. The second-order valence-corrected chi connectivity index (χ2v) is 5.81. The lowest BCUT2D eigenvalue weighted by Crippen LogP contribution is -2.50. The van der Waals surface area contributed by atoms with Gasteiger partial charge in [-0.2, -0.15) is 0 Å². The lowest BCUT2D eigenvalue weighted by molar-refractivity contribution is -0.122. The molecule has 2 rings (SSSR count). The van der Waals surface area contributed by atoms with Crippen molar-refractivity contribution in [1.29, 1.82) is 0 Å². The van der Waals surface area contributed by atoms with Crippen LogP contribution in [0.2, 0.25) is 5.15 Å². The predicted octanol–water partition coefficient (Wildman–Crippen LogP) is 1.26. The van der Waals surface area contributed by atoms with Gasteiger partial charge in [0, 0.05) is 44.7 Å². The van der Waals surface area contributed by atoms with Gasteiger partial charge in [0.15, 0.2) is 0 Å². The van der Waals surface area contributed by atoms with Gasteiger partial charge in [-0.25, -0.2) is 9.97 Å². The number of amides is 1. The Bertz CT molecular complexity index is 529. The normalized spacial score (nSPS) is 15.9. The van der Waals surface area contributed by atoms with E-state index in [9.17, 15) is 4.79 Å². The molecular formula is C15H24ClN5O. The fourth-order valence-corrected chi connectivity index (χ4v) is 2.74. The van der Waals surface area contributed by atoms with Gasteiger partial charge in [0.25, 0.3) is 0 Å². The Hall–Kier alpha value is -1.40. The Morgan fingerprint density at radius 1 is 1.23 bits per heavy atom. The Labute approximate surface area is 136 Å². The van der Waals surface area contributed by atoms with Crippen LogP contribution in [0.5, 0.6) is 0 Å². The van der Waals surface area contributed by atoms with Crippen molar-refractivity contribution < 1.29 is 4.79 Å². The monoisotopic (exact) mass is 325 g/mol. The molecule has 1 N–H and O–H groups in total. The molecule has 1 saturated heterocycles. The fraction of sp³-hybridized carbons (Fsp3) is 0.667. The molecule has 1 amide bonds. The van der Waals surface area contributed by atoms with E-state index in [4.69, 9.17) is 11.6 Å². The lowest BCUT2D eigenvalue weighted by Gasteiger charge is -2.35. The minimum atomic E-state index is 0.0884. The topological polar surface area (TPSA) is 61.4 Å². The highest BCUT2D eigenvalue weighted by Crippen LogP contribution is 2.24. The van der Waals surface area contributed by atoms with Crippen LogP contribution in [0.15, 0.2) is 0 Å². The molecule has 122 valence electrons. The average Bonchev–Trinajstić information content (AvgIpc) is 2.51. The van der Waals surface area contributed by atoms with E-state index < -0.39 is 0 Å². The van der Waals surface area contributed by atoms with Crippen LogP contribution in [0.4, 0.5) is 5.82 Å². The molecule has 1 aliphatic heterocycles. The molecule has 2 heterocycles. The number of carbonyl (C=O) groups is 1. The van der Waals surface area contributed by atoms with Crippen LogP contribution < -0.4 is 10.2 Å². The van der Waals surface area contributed by atoms with Crippen molar-refractivity contribution in [3.05, 3.63) is 16.5 Å². The number of hydrogen-bond acceptors (Lipinski definition) is 5. The highest BCUT2D eigenvalue weighted by molar-refractivity contribution is 6.30. The average molecular weight is 326 g/mol. The summed E-state index contributed by atoms with van der Waals surface area (Å²) in [5.74, 6) is 1.79. The molecule has 0 bridgehead atoms. The van der Waals surface area contributed by atoms with Crippen molar-refractivity contribution in [1.82, 2.24) is 20.2 Å². The van der Waals surface area contributed by atoms with Crippen LogP contribution in [0, 0.1) is 6.92 Å². The van der Waals surface area contributed by atoms with E-state index in [1.807, 2.05) is 20.8 Å². The number of likely N-dealkylation sites (N-methyl/N-ethyl adjacent to an activating group) is 1. The molecular weight excluding hydrogens is 302 g/mol. The van der Waals surface area contributed by atoms with Crippen molar-refractivity contribution in [3.63, 3.8) is 0 Å². The largest absolute Gasteiger partial charge is 0.355 e. The fourth-order valence-electron chi connectivity index (χ4n) is 2.56. The number of hydrogen-bond donors (Lipinski definition) is 1. The summed E-state index contributed by atoms with van der Waals surface area (Å²) >= 11 is 6.21. The summed E-state index contributed by atoms with van der Waals surface area (Å²) in [6.07, 6.45) is 0.768.